The van der Waals surface area contributed by atoms with E-state index in [1.165, 1.54) is 6.33 Å². The number of carbonyl (C=O) groups is 1. The van der Waals surface area contributed by atoms with Gasteiger partial charge in [-0.25, -0.2) is 9.67 Å². The minimum absolute atomic E-state index is 0.000735. The standard InChI is InChI=1S/C15H20N4O/c1-2-8-19-15(17-11-18-19)10-14(20)13(16)9-12-6-4-3-5-7-12/h3-7,11,13H,2,8-10,16H2,1H3. The van der Waals surface area contributed by atoms with Gasteiger partial charge in [0, 0.05) is 6.54 Å². The van der Waals surface area contributed by atoms with Crippen molar-refractivity contribution in [2.45, 2.75) is 38.8 Å². The molecule has 2 rings (SSSR count). The molecule has 2 aromatic rings. The van der Waals surface area contributed by atoms with Crippen LogP contribution >= 0.6 is 0 Å². The van der Waals surface area contributed by atoms with Gasteiger partial charge in [0.2, 0.25) is 0 Å². The van der Waals surface area contributed by atoms with Gasteiger partial charge in [-0.15, -0.1) is 0 Å². The smallest absolute Gasteiger partial charge is 0.157 e. The first-order valence-corrected chi connectivity index (χ1v) is 6.89. The van der Waals surface area contributed by atoms with Crippen molar-refractivity contribution in [2.24, 2.45) is 5.73 Å². The third-order valence-electron chi connectivity index (χ3n) is 3.18. The summed E-state index contributed by atoms with van der Waals surface area (Å²) in [5.74, 6) is 0.694. The van der Waals surface area contributed by atoms with E-state index in [-0.39, 0.29) is 12.2 Å². The van der Waals surface area contributed by atoms with Crippen molar-refractivity contribution in [3.05, 3.63) is 48.0 Å². The molecular formula is C15H20N4O. The van der Waals surface area contributed by atoms with Crippen LogP contribution in [0.3, 0.4) is 0 Å². The second-order valence-corrected chi connectivity index (χ2v) is 4.84. The first kappa shape index (κ1) is 14.4. The van der Waals surface area contributed by atoms with Gasteiger partial charge in [-0.3, -0.25) is 4.79 Å². The predicted molar refractivity (Wildman–Crippen MR) is 77.1 cm³/mol. The van der Waals surface area contributed by atoms with Gasteiger partial charge in [0.25, 0.3) is 0 Å². The number of hydrogen-bond donors (Lipinski definition) is 1. The summed E-state index contributed by atoms with van der Waals surface area (Å²) in [7, 11) is 0. The lowest BCUT2D eigenvalue weighted by atomic mass is 10.0. The van der Waals surface area contributed by atoms with Crippen LogP contribution in [-0.4, -0.2) is 26.6 Å². The summed E-state index contributed by atoms with van der Waals surface area (Å²) in [4.78, 5) is 16.3. The number of nitrogens with two attached hydrogens (primary N) is 1. The largest absolute Gasteiger partial charge is 0.321 e. The highest BCUT2D eigenvalue weighted by Crippen LogP contribution is 2.05. The number of aromatic nitrogens is 3. The molecule has 1 heterocycles. The fourth-order valence-electron chi connectivity index (χ4n) is 2.09. The molecular weight excluding hydrogens is 252 g/mol. The van der Waals surface area contributed by atoms with Crippen LogP contribution in [0, 0.1) is 0 Å². The summed E-state index contributed by atoms with van der Waals surface area (Å²) >= 11 is 0. The second kappa shape index (κ2) is 6.96. The topological polar surface area (TPSA) is 73.8 Å². The van der Waals surface area contributed by atoms with Crippen LogP contribution in [0.5, 0.6) is 0 Å². The van der Waals surface area contributed by atoms with Crippen LogP contribution in [0.1, 0.15) is 24.7 Å². The average Bonchev–Trinajstić information content (AvgIpc) is 2.87. The molecule has 20 heavy (non-hydrogen) atoms. The van der Waals surface area contributed by atoms with E-state index >= 15 is 0 Å². The predicted octanol–water partition coefficient (Wildman–Crippen LogP) is 1.37. The van der Waals surface area contributed by atoms with Crippen LogP contribution < -0.4 is 5.73 Å². The summed E-state index contributed by atoms with van der Waals surface area (Å²) in [6.45, 7) is 2.84. The van der Waals surface area contributed by atoms with Gasteiger partial charge in [0.05, 0.1) is 12.5 Å². The van der Waals surface area contributed by atoms with E-state index in [0.717, 1.165) is 18.5 Å². The molecule has 106 valence electrons. The Hall–Kier alpha value is -2.01. The molecule has 5 nitrogen and oxygen atoms in total. The number of rotatable bonds is 7. The fraction of sp³-hybridized carbons (Fsp3) is 0.400. The van der Waals surface area contributed by atoms with Crippen molar-refractivity contribution < 1.29 is 4.79 Å². The zero-order chi connectivity index (χ0) is 14.4. The van der Waals surface area contributed by atoms with E-state index in [1.807, 2.05) is 30.3 Å². The third kappa shape index (κ3) is 3.74. The van der Waals surface area contributed by atoms with E-state index in [2.05, 4.69) is 17.0 Å². The van der Waals surface area contributed by atoms with Crippen molar-refractivity contribution in [1.82, 2.24) is 14.8 Å². The van der Waals surface area contributed by atoms with Crippen molar-refractivity contribution in [3.8, 4) is 0 Å². The van der Waals surface area contributed by atoms with E-state index in [0.29, 0.717) is 12.2 Å². The van der Waals surface area contributed by atoms with Crippen LogP contribution in [-0.2, 0) is 24.2 Å². The monoisotopic (exact) mass is 272 g/mol. The summed E-state index contributed by atoms with van der Waals surface area (Å²) in [5, 5.41) is 4.11. The number of aryl methyl sites for hydroxylation is 1. The molecule has 0 aliphatic carbocycles. The fourth-order valence-corrected chi connectivity index (χ4v) is 2.09. The van der Waals surface area contributed by atoms with Crippen LogP contribution in [0.2, 0.25) is 0 Å². The molecule has 2 N–H and O–H groups in total. The van der Waals surface area contributed by atoms with Gasteiger partial charge in [0.15, 0.2) is 5.78 Å². The first-order chi connectivity index (χ1) is 9.70. The number of ketones is 1. The zero-order valence-corrected chi connectivity index (χ0v) is 11.7. The number of nitrogens with zero attached hydrogens (tertiary/aromatic N) is 3. The summed E-state index contributed by atoms with van der Waals surface area (Å²) in [6.07, 6.45) is 3.25. The van der Waals surface area contributed by atoms with Gasteiger partial charge in [-0.05, 0) is 18.4 Å². The summed E-state index contributed by atoms with van der Waals surface area (Å²) in [5.41, 5.74) is 7.06. The van der Waals surface area contributed by atoms with Crippen molar-refractivity contribution in [3.63, 3.8) is 0 Å². The maximum atomic E-state index is 12.2. The van der Waals surface area contributed by atoms with Gasteiger partial charge in [0.1, 0.15) is 12.2 Å². The Morgan fingerprint density at radius 2 is 2.10 bits per heavy atom. The lowest BCUT2D eigenvalue weighted by molar-refractivity contribution is -0.119. The van der Waals surface area contributed by atoms with Crippen LogP contribution in [0.25, 0.3) is 0 Å². The maximum absolute atomic E-state index is 12.2. The molecule has 1 aromatic carbocycles. The molecule has 0 amide bonds. The van der Waals surface area contributed by atoms with Crippen LogP contribution in [0.4, 0.5) is 0 Å². The molecule has 0 aliphatic rings. The van der Waals surface area contributed by atoms with E-state index in [9.17, 15) is 4.79 Å². The Kier molecular flexibility index (Phi) is 5.01. The third-order valence-corrected chi connectivity index (χ3v) is 3.18. The zero-order valence-electron chi connectivity index (χ0n) is 11.7. The lowest BCUT2D eigenvalue weighted by Gasteiger charge is -2.11. The Balaban J connectivity index is 1.95. The molecule has 0 bridgehead atoms. The lowest BCUT2D eigenvalue weighted by Crippen LogP contribution is -2.34. The van der Waals surface area contributed by atoms with Crippen molar-refractivity contribution in [1.29, 1.82) is 0 Å². The molecule has 0 spiro atoms. The molecule has 5 heteroatoms. The summed E-state index contributed by atoms with van der Waals surface area (Å²) < 4.78 is 1.77. The first-order valence-electron chi connectivity index (χ1n) is 6.89. The molecule has 1 atom stereocenters. The minimum Gasteiger partial charge on any atom is -0.321 e. The second-order valence-electron chi connectivity index (χ2n) is 4.84. The number of Topliss-reactive ketones (excluding diaryl/α,β-unsaturated/α-hetero) is 1. The molecule has 1 unspecified atom stereocenters. The van der Waals surface area contributed by atoms with Gasteiger partial charge < -0.3 is 5.73 Å². The highest BCUT2D eigenvalue weighted by atomic mass is 16.1. The van der Waals surface area contributed by atoms with E-state index in [4.69, 9.17) is 5.73 Å². The molecule has 1 aromatic heterocycles. The molecule has 0 saturated carbocycles. The molecule has 0 saturated heterocycles. The van der Waals surface area contributed by atoms with E-state index in [1.54, 1.807) is 4.68 Å². The van der Waals surface area contributed by atoms with Gasteiger partial charge in [-0.1, -0.05) is 37.3 Å². The number of hydrogen-bond acceptors (Lipinski definition) is 4. The molecule has 0 radical (unpaired) electrons. The Morgan fingerprint density at radius 3 is 2.80 bits per heavy atom. The Labute approximate surface area is 118 Å². The SMILES string of the molecule is CCCn1ncnc1CC(=O)C(N)Cc1ccccc1. The van der Waals surface area contributed by atoms with Crippen LogP contribution in [0.15, 0.2) is 36.7 Å². The maximum Gasteiger partial charge on any atom is 0.157 e. The Morgan fingerprint density at radius 1 is 1.35 bits per heavy atom. The highest BCUT2D eigenvalue weighted by Gasteiger charge is 2.17. The Bertz CT molecular complexity index is 550. The minimum atomic E-state index is -0.496. The molecule has 0 aliphatic heterocycles. The van der Waals surface area contributed by atoms with Gasteiger partial charge in [-0.2, -0.15) is 5.10 Å². The van der Waals surface area contributed by atoms with E-state index < -0.39 is 6.04 Å². The van der Waals surface area contributed by atoms with Crippen molar-refractivity contribution in [2.75, 3.05) is 0 Å². The highest BCUT2D eigenvalue weighted by molar-refractivity contribution is 5.85. The quantitative estimate of drug-likeness (QED) is 0.826. The van der Waals surface area contributed by atoms with Crippen molar-refractivity contribution >= 4 is 5.78 Å². The average molecular weight is 272 g/mol. The molecule has 0 fully saturated rings. The summed E-state index contributed by atoms with van der Waals surface area (Å²) in [6, 6.07) is 9.31. The van der Waals surface area contributed by atoms with Gasteiger partial charge >= 0.3 is 0 Å². The normalized spacial score (nSPS) is 12.3. The number of benzene rings is 1. The number of carbonyl (C=O) groups excluding carboxylic acids is 1.